The van der Waals surface area contributed by atoms with Gasteiger partial charge in [-0.05, 0) is 38.0 Å². The Balaban J connectivity index is 1.81. The van der Waals surface area contributed by atoms with Gasteiger partial charge in [-0.25, -0.2) is 4.98 Å². The van der Waals surface area contributed by atoms with Gasteiger partial charge in [0, 0.05) is 18.4 Å². The molecule has 0 aliphatic carbocycles. The topological polar surface area (TPSA) is 83.5 Å². The first kappa shape index (κ1) is 17.8. The molecule has 1 aliphatic heterocycles. The molecule has 0 amide bonds. The average molecular weight is 391 g/mol. The number of fused-ring (bicyclic) bond motifs is 2. The predicted molar refractivity (Wildman–Crippen MR) is 108 cm³/mol. The zero-order chi connectivity index (χ0) is 20.0. The zero-order valence-electron chi connectivity index (χ0n) is 16.3. The molecule has 8 heteroatoms. The van der Waals surface area contributed by atoms with Crippen LogP contribution >= 0.6 is 0 Å². The van der Waals surface area contributed by atoms with Crippen LogP contribution in [0.1, 0.15) is 18.7 Å². The van der Waals surface area contributed by atoms with E-state index in [4.69, 9.17) is 9.47 Å². The van der Waals surface area contributed by atoms with Gasteiger partial charge in [0.2, 0.25) is 0 Å². The quantitative estimate of drug-likeness (QED) is 0.532. The Kier molecular flexibility index (Phi) is 4.28. The van der Waals surface area contributed by atoms with Gasteiger partial charge in [0.1, 0.15) is 11.6 Å². The van der Waals surface area contributed by atoms with E-state index in [2.05, 4.69) is 15.1 Å². The van der Waals surface area contributed by atoms with Gasteiger partial charge < -0.3 is 14.0 Å². The predicted octanol–water partition coefficient (Wildman–Crippen LogP) is 2.60. The Morgan fingerprint density at radius 2 is 2.17 bits per heavy atom. The summed E-state index contributed by atoms with van der Waals surface area (Å²) in [5, 5.41) is 5.01. The third kappa shape index (κ3) is 3.05. The van der Waals surface area contributed by atoms with Crippen molar-refractivity contribution in [3.05, 3.63) is 52.7 Å². The molecular weight excluding hydrogens is 370 g/mol. The SMILES string of the molecule is COc1cccc(-c2c3c(=O)n(C[C@@H]4CCCO4)ccc3nc3nc(C)nn23)c1. The first-order chi connectivity index (χ1) is 14.1. The molecular formula is C21H21N5O3. The molecule has 5 rings (SSSR count). The van der Waals surface area contributed by atoms with Crippen LogP contribution in [-0.2, 0) is 11.3 Å². The number of methoxy groups -OCH3 is 1. The van der Waals surface area contributed by atoms with Gasteiger partial charge in [-0.2, -0.15) is 9.50 Å². The minimum absolute atomic E-state index is 0.0655. The molecule has 0 spiro atoms. The van der Waals surface area contributed by atoms with Crippen molar-refractivity contribution in [2.75, 3.05) is 13.7 Å². The third-order valence-electron chi connectivity index (χ3n) is 5.28. The molecule has 1 fully saturated rings. The summed E-state index contributed by atoms with van der Waals surface area (Å²) >= 11 is 0. The van der Waals surface area contributed by atoms with Crippen LogP contribution in [-0.4, -0.2) is 44.0 Å². The van der Waals surface area contributed by atoms with E-state index in [-0.39, 0.29) is 11.7 Å². The number of pyridine rings is 1. The Hall–Kier alpha value is -3.26. The minimum atomic E-state index is -0.113. The third-order valence-corrected chi connectivity index (χ3v) is 5.28. The van der Waals surface area contributed by atoms with Gasteiger partial charge in [0.15, 0.2) is 0 Å². The summed E-state index contributed by atoms with van der Waals surface area (Å²) in [5.41, 5.74) is 1.96. The summed E-state index contributed by atoms with van der Waals surface area (Å²) in [6.45, 7) is 3.09. The Bertz CT molecular complexity index is 1270. The maximum atomic E-state index is 13.5. The number of nitrogens with zero attached hydrogens (tertiary/aromatic N) is 5. The molecule has 0 saturated carbocycles. The number of ether oxygens (including phenoxy) is 2. The van der Waals surface area contributed by atoms with Crippen LogP contribution in [0.4, 0.5) is 0 Å². The van der Waals surface area contributed by atoms with E-state index in [1.165, 1.54) is 0 Å². The largest absolute Gasteiger partial charge is 0.497 e. The zero-order valence-corrected chi connectivity index (χ0v) is 16.3. The molecule has 0 unspecified atom stereocenters. The van der Waals surface area contributed by atoms with Crippen molar-refractivity contribution in [2.45, 2.75) is 32.4 Å². The number of rotatable bonds is 4. The Morgan fingerprint density at radius 3 is 2.97 bits per heavy atom. The lowest BCUT2D eigenvalue weighted by atomic mass is 10.1. The van der Waals surface area contributed by atoms with Crippen LogP contribution in [0.3, 0.4) is 0 Å². The summed E-state index contributed by atoms with van der Waals surface area (Å²) in [4.78, 5) is 22.5. The van der Waals surface area contributed by atoms with E-state index < -0.39 is 0 Å². The lowest BCUT2D eigenvalue weighted by Gasteiger charge is -2.14. The monoisotopic (exact) mass is 391 g/mol. The van der Waals surface area contributed by atoms with Gasteiger partial charge in [0.25, 0.3) is 11.3 Å². The standard InChI is InChI=1S/C21H21N5O3/c1-13-22-21-23-17-8-9-25(12-16-7-4-10-29-16)20(27)18(17)19(26(21)24-13)14-5-3-6-15(11-14)28-2/h3,5-6,8-9,11,16H,4,7,10,12H2,1-2H3/t16-/m0/s1. The number of hydrogen-bond donors (Lipinski definition) is 0. The highest BCUT2D eigenvalue weighted by molar-refractivity contribution is 5.93. The van der Waals surface area contributed by atoms with Gasteiger partial charge >= 0.3 is 0 Å². The molecule has 4 heterocycles. The van der Waals surface area contributed by atoms with Gasteiger partial charge in [-0.15, -0.1) is 5.10 Å². The first-order valence-corrected chi connectivity index (χ1v) is 9.66. The second-order valence-electron chi connectivity index (χ2n) is 7.23. The van der Waals surface area contributed by atoms with E-state index in [1.54, 1.807) is 22.4 Å². The van der Waals surface area contributed by atoms with Crippen molar-refractivity contribution in [2.24, 2.45) is 0 Å². The van der Waals surface area contributed by atoms with E-state index in [0.29, 0.717) is 40.5 Å². The van der Waals surface area contributed by atoms with Crippen LogP contribution in [0.2, 0.25) is 0 Å². The molecule has 0 radical (unpaired) electrons. The van der Waals surface area contributed by atoms with E-state index >= 15 is 0 Å². The highest BCUT2D eigenvalue weighted by atomic mass is 16.5. The smallest absolute Gasteiger partial charge is 0.262 e. The molecule has 1 aromatic carbocycles. The second-order valence-corrected chi connectivity index (χ2v) is 7.23. The Labute approximate surface area is 166 Å². The number of aromatic nitrogens is 5. The minimum Gasteiger partial charge on any atom is -0.497 e. The fourth-order valence-electron chi connectivity index (χ4n) is 3.91. The van der Waals surface area contributed by atoms with Gasteiger partial charge in [-0.1, -0.05) is 12.1 Å². The van der Waals surface area contributed by atoms with Crippen molar-refractivity contribution >= 4 is 16.7 Å². The van der Waals surface area contributed by atoms with Crippen LogP contribution in [0.25, 0.3) is 27.9 Å². The lowest BCUT2D eigenvalue weighted by molar-refractivity contribution is 0.0963. The summed E-state index contributed by atoms with van der Waals surface area (Å²) in [6.07, 6.45) is 3.85. The van der Waals surface area contributed by atoms with Gasteiger partial charge in [-0.3, -0.25) is 4.79 Å². The summed E-state index contributed by atoms with van der Waals surface area (Å²) in [6, 6.07) is 9.45. The maximum Gasteiger partial charge on any atom is 0.262 e. The molecule has 4 aromatic rings. The van der Waals surface area contributed by atoms with E-state index in [0.717, 1.165) is 25.0 Å². The molecule has 8 nitrogen and oxygen atoms in total. The molecule has 29 heavy (non-hydrogen) atoms. The van der Waals surface area contributed by atoms with Crippen LogP contribution in [0.15, 0.2) is 41.3 Å². The van der Waals surface area contributed by atoms with Crippen molar-refractivity contribution in [1.82, 2.24) is 24.1 Å². The van der Waals surface area contributed by atoms with Gasteiger partial charge in [0.05, 0.1) is 36.4 Å². The fraction of sp³-hybridized carbons (Fsp3) is 0.333. The normalized spacial score (nSPS) is 16.7. The van der Waals surface area contributed by atoms with Crippen molar-refractivity contribution in [3.8, 4) is 17.0 Å². The van der Waals surface area contributed by atoms with E-state index in [1.807, 2.05) is 37.3 Å². The van der Waals surface area contributed by atoms with Crippen molar-refractivity contribution < 1.29 is 9.47 Å². The van der Waals surface area contributed by atoms with Crippen LogP contribution < -0.4 is 10.3 Å². The molecule has 0 N–H and O–H groups in total. The Morgan fingerprint density at radius 1 is 1.28 bits per heavy atom. The van der Waals surface area contributed by atoms with E-state index in [9.17, 15) is 4.79 Å². The van der Waals surface area contributed by atoms with Crippen molar-refractivity contribution in [1.29, 1.82) is 0 Å². The fourth-order valence-corrected chi connectivity index (χ4v) is 3.91. The van der Waals surface area contributed by atoms with Crippen LogP contribution in [0.5, 0.6) is 5.75 Å². The number of benzene rings is 1. The summed E-state index contributed by atoms with van der Waals surface area (Å²) < 4.78 is 14.5. The summed E-state index contributed by atoms with van der Waals surface area (Å²) in [5.74, 6) is 1.76. The first-order valence-electron chi connectivity index (χ1n) is 9.66. The molecule has 1 saturated heterocycles. The number of aryl methyl sites for hydroxylation is 1. The summed E-state index contributed by atoms with van der Waals surface area (Å²) in [7, 11) is 1.62. The van der Waals surface area contributed by atoms with Crippen molar-refractivity contribution in [3.63, 3.8) is 0 Å². The highest BCUT2D eigenvalue weighted by Gasteiger charge is 2.21. The molecule has 148 valence electrons. The molecule has 0 bridgehead atoms. The average Bonchev–Trinajstić information content (AvgIpc) is 3.37. The molecule has 1 aliphatic rings. The lowest BCUT2D eigenvalue weighted by Crippen LogP contribution is -2.27. The second kappa shape index (κ2) is 6.97. The highest BCUT2D eigenvalue weighted by Crippen LogP contribution is 2.29. The number of hydrogen-bond acceptors (Lipinski definition) is 6. The molecule has 1 atom stereocenters. The van der Waals surface area contributed by atoms with Crippen LogP contribution in [0, 0.1) is 6.92 Å². The molecule has 3 aromatic heterocycles. The maximum absolute atomic E-state index is 13.5.